The smallest absolute Gasteiger partial charge is 0.245 e. The number of hydrogen-bond acceptors (Lipinski definition) is 4. The number of ether oxygens (including phenoxy) is 1. The van der Waals surface area contributed by atoms with E-state index in [2.05, 4.69) is 5.32 Å². The van der Waals surface area contributed by atoms with Gasteiger partial charge in [0.2, 0.25) is 11.8 Å². The molecule has 2 unspecified atom stereocenters. The molecule has 0 saturated carbocycles. The number of amides is 2. The lowest BCUT2D eigenvalue weighted by Crippen LogP contribution is -2.55. The van der Waals surface area contributed by atoms with Crippen molar-refractivity contribution in [3.8, 4) is 0 Å². The zero-order valence-electron chi connectivity index (χ0n) is 11.9. The van der Waals surface area contributed by atoms with Gasteiger partial charge >= 0.3 is 0 Å². The van der Waals surface area contributed by atoms with E-state index in [1.807, 2.05) is 13.8 Å². The number of nitrogens with one attached hydrogen (secondary N) is 1. The highest BCUT2D eigenvalue weighted by molar-refractivity contribution is 5.88. The summed E-state index contributed by atoms with van der Waals surface area (Å²) in [5.41, 5.74) is 5.66. The van der Waals surface area contributed by atoms with E-state index in [0.29, 0.717) is 26.1 Å². The van der Waals surface area contributed by atoms with Crippen LogP contribution in [0.1, 0.15) is 33.1 Å². The van der Waals surface area contributed by atoms with Crippen LogP contribution in [0, 0.1) is 0 Å². The van der Waals surface area contributed by atoms with E-state index in [1.165, 1.54) is 0 Å². The van der Waals surface area contributed by atoms with Crippen molar-refractivity contribution in [3.05, 3.63) is 0 Å². The number of nitrogens with two attached hydrogens (primary N) is 1. The zero-order valence-corrected chi connectivity index (χ0v) is 11.9. The van der Waals surface area contributed by atoms with Gasteiger partial charge in [0.15, 0.2) is 0 Å². The second-order valence-corrected chi connectivity index (χ2v) is 4.94. The Bertz CT molecular complexity index is 308. The van der Waals surface area contributed by atoms with Gasteiger partial charge in [-0.2, -0.15) is 0 Å². The highest BCUT2D eigenvalue weighted by Crippen LogP contribution is 2.11. The minimum Gasteiger partial charge on any atom is -0.377 e. The van der Waals surface area contributed by atoms with Gasteiger partial charge in [-0.05, 0) is 26.7 Å². The van der Waals surface area contributed by atoms with Crippen molar-refractivity contribution in [1.82, 2.24) is 10.2 Å². The monoisotopic (exact) mass is 271 g/mol. The maximum atomic E-state index is 12.1. The zero-order chi connectivity index (χ0) is 14.3. The average molecular weight is 271 g/mol. The van der Waals surface area contributed by atoms with E-state index in [1.54, 1.807) is 4.90 Å². The van der Waals surface area contributed by atoms with E-state index < -0.39 is 6.04 Å². The normalized spacial score (nSPS) is 21.0. The van der Waals surface area contributed by atoms with Gasteiger partial charge in [0.05, 0.1) is 13.2 Å². The van der Waals surface area contributed by atoms with E-state index >= 15 is 0 Å². The summed E-state index contributed by atoms with van der Waals surface area (Å²) in [6, 6.07) is -0.381. The molecule has 0 aromatic carbocycles. The van der Waals surface area contributed by atoms with E-state index in [4.69, 9.17) is 10.5 Å². The molecular formula is C13H25N3O3. The molecule has 1 fully saturated rings. The van der Waals surface area contributed by atoms with Gasteiger partial charge in [-0.15, -0.1) is 0 Å². The highest BCUT2D eigenvalue weighted by atomic mass is 16.5. The largest absolute Gasteiger partial charge is 0.377 e. The van der Waals surface area contributed by atoms with Crippen molar-refractivity contribution in [3.63, 3.8) is 0 Å². The van der Waals surface area contributed by atoms with Crippen molar-refractivity contribution in [2.45, 2.75) is 45.2 Å². The Morgan fingerprint density at radius 1 is 1.53 bits per heavy atom. The third kappa shape index (κ3) is 5.16. The topological polar surface area (TPSA) is 84.7 Å². The van der Waals surface area contributed by atoms with Gasteiger partial charge in [0.1, 0.15) is 6.04 Å². The molecular weight excluding hydrogens is 246 g/mol. The molecule has 0 bridgehead atoms. The number of hydrogen-bond donors (Lipinski definition) is 2. The summed E-state index contributed by atoms with van der Waals surface area (Å²) in [5, 5.41) is 2.74. The molecule has 1 aliphatic rings. The second kappa shape index (κ2) is 8.12. The Morgan fingerprint density at radius 2 is 2.26 bits per heavy atom. The van der Waals surface area contributed by atoms with Gasteiger partial charge in [-0.25, -0.2) is 0 Å². The first-order valence-electron chi connectivity index (χ1n) is 6.96. The van der Waals surface area contributed by atoms with Crippen molar-refractivity contribution in [2.24, 2.45) is 5.73 Å². The number of likely N-dealkylation sites (N-methyl/N-ethyl adjacent to an activating group) is 1. The van der Waals surface area contributed by atoms with Crippen LogP contribution in [-0.2, 0) is 14.3 Å². The highest BCUT2D eigenvalue weighted by Gasteiger charge is 2.31. The molecule has 0 aromatic heterocycles. The summed E-state index contributed by atoms with van der Waals surface area (Å²) in [4.78, 5) is 25.7. The number of morpholine rings is 1. The molecule has 6 nitrogen and oxygen atoms in total. The number of carbonyl (C=O) groups excluding carboxylic acids is 2. The van der Waals surface area contributed by atoms with Gasteiger partial charge in [0.25, 0.3) is 0 Å². The maximum Gasteiger partial charge on any atom is 0.245 e. The predicted molar refractivity (Wildman–Crippen MR) is 72.5 cm³/mol. The SMILES string of the molecule is CCNC(=O)C1COCCN1C(=O)CCCC(C)N. The van der Waals surface area contributed by atoms with Crippen LogP contribution in [0.2, 0.25) is 0 Å². The fourth-order valence-electron chi connectivity index (χ4n) is 2.13. The molecule has 3 N–H and O–H groups in total. The minimum absolute atomic E-state index is 0.0141. The lowest BCUT2D eigenvalue weighted by Gasteiger charge is -2.34. The molecule has 1 aliphatic heterocycles. The van der Waals surface area contributed by atoms with Gasteiger partial charge < -0.3 is 20.7 Å². The molecule has 6 heteroatoms. The van der Waals surface area contributed by atoms with Crippen LogP contribution in [0.3, 0.4) is 0 Å². The lowest BCUT2D eigenvalue weighted by molar-refractivity contribution is -0.148. The fourth-order valence-corrected chi connectivity index (χ4v) is 2.13. The Balaban J connectivity index is 2.51. The van der Waals surface area contributed by atoms with E-state index in [0.717, 1.165) is 12.8 Å². The fraction of sp³-hybridized carbons (Fsp3) is 0.846. The molecule has 0 spiro atoms. The Hall–Kier alpha value is -1.14. The molecule has 19 heavy (non-hydrogen) atoms. The minimum atomic E-state index is -0.489. The van der Waals surface area contributed by atoms with Crippen LogP contribution in [0.4, 0.5) is 0 Å². The lowest BCUT2D eigenvalue weighted by atomic mass is 10.1. The second-order valence-electron chi connectivity index (χ2n) is 4.94. The molecule has 2 atom stereocenters. The third-order valence-corrected chi connectivity index (χ3v) is 3.15. The van der Waals surface area contributed by atoms with Crippen molar-refractivity contribution in [2.75, 3.05) is 26.3 Å². The summed E-state index contributed by atoms with van der Waals surface area (Å²) < 4.78 is 5.30. The number of rotatable bonds is 6. The molecule has 1 saturated heterocycles. The predicted octanol–water partition coefficient (Wildman–Crippen LogP) is -0.133. The molecule has 0 aliphatic carbocycles. The molecule has 2 amide bonds. The van der Waals surface area contributed by atoms with Gasteiger partial charge in [0, 0.05) is 25.6 Å². The summed E-state index contributed by atoms with van der Waals surface area (Å²) in [6.45, 7) is 5.60. The van der Waals surface area contributed by atoms with Gasteiger partial charge in [-0.3, -0.25) is 9.59 Å². The average Bonchev–Trinajstić information content (AvgIpc) is 2.38. The van der Waals surface area contributed by atoms with E-state index in [-0.39, 0.29) is 24.5 Å². The first-order chi connectivity index (χ1) is 9.06. The Morgan fingerprint density at radius 3 is 2.89 bits per heavy atom. The number of carbonyl (C=O) groups is 2. The van der Waals surface area contributed by atoms with Crippen LogP contribution in [-0.4, -0.2) is 55.1 Å². The molecule has 1 rings (SSSR count). The van der Waals surface area contributed by atoms with E-state index in [9.17, 15) is 9.59 Å². The summed E-state index contributed by atoms with van der Waals surface area (Å²) in [5.74, 6) is -0.122. The van der Waals surface area contributed by atoms with Crippen LogP contribution < -0.4 is 11.1 Å². The van der Waals surface area contributed by atoms with Gasteiger partial charge in [-0.1, -0.05) is 0 Å². The molecule has 0 aromatic rings. The molecule has 1 heterocycles. The summed E-state index contributed by atoms with van der Waals surface area (Å²) >= 11 is 0. The Labute approximate surface area is 114 Å². The quantitative estimate of drug-likeness (QED) is 0.704. The van der Waals surface area contributed by atoms with Crippen LogP contribution >= 0.6 is 0 Å². The van der Waals surface area contributed by atoms with Crippen LogP contribution in [0.25, 0.3) is 0 Å². The number of nitrogens with zero attached hydrogens (tertiary/aromatic N) is 1. The first kappa shape index (κ1) is 15.9. The Kier molecular flexibility index (Phi) is 6.80. The first-order valence-corrected chi connectivity index (χ1v) is 6.96. The van der Waals surface area contributed by atoms with Crippen molar-refractivity contribution in [1.29, 1.82) is 0 Å². The maximum absolute atomic E-state index is 12.1. The van der Waals surface area contributed by atoms with Crippen molar-refractivity contribution >= 4 is 11.8 Å². The van der Waals surface area contributed by atoms with Crippen LogP contribution in [0.15, 0.2) is 0 Å². The standard InChI is InChI=1S/C13H25N3O3/c1-3-15-13(18)11-9-19-8-7-16(11)12(17)6-4-5-10(2)14/h10-11H,3-9,14H2,1-2H3,(H,15,18). The van der Waals surface area contributed by atoms with Crippen molar-refractivity contribution < 1.29 is 14.3 Å². The molecule has 0 radical (unpaired) electrons. The summed E-state index contributed by atoms with van der Waals surface area (Å²) in [7, 11) is 0. The third-order valence-electron chi connectivity index (χ3n) is 3.15. The van der Waals surface area contributed by atoms with Crippen LogP contribution in [0.5, 0.6) is 0 Å². The molecule has 110 valence electrons. The summed E-state index contributed by atoms with van der Waals surface area (Å²) in [6.07, 6.45) is 2.02.